The monoisotopic (exact) mass is 434 g/mol. The van der Waals surface area contributed by atoms with Crippen molar-refractivity contribution in [3.8, 4) is 0 Å². The first-order chi connectivity index (χ1) is 10.3. The Morgan fingerprint density at radius 2 is 2.23 bits per heavy atom. The van der Waals surface area contributed by atoms with Crippen molar-refractivity contribution in [3.63, 3.8) is 0 Å². The molecule has 2 aromatic heterocycles. The molecule has 0 atom stereocenters. The Kier molecular flexibility index (Phi) is 9.05. The van der Waals surface area contributed by atoms with E-state index in [0.29, 0.717) is 6.54 Å². The number of hydrogen-bond donors (Lipinski definition) is 2. The Bertz CT molecular complexity index is 551. The molecule has 0 saturated carbocycles. The van der Waals surface area contributed by atoms with E-state index in [1.807, 2.05) is 23.3 Å². The molecule has 0 fully saturated rings. The minimum absolute atomic E-state index is 0. The number of rotatable bonds is 7. The van der Waals surface area contributed by atoms with Crippen LogP contribution in [-0.2, 0) is 19.5 Å². The zero-order valence-corrected chi connectivity index (χ0v) is 16.1. The summed E-state index contributed by atoms with van der Waals surface area (Å²) in [4.78, 5) is 14.3. The van der Waals surface area contributed by atoms with E-state index < -0.39 is 0 Å². The van der Waals surface area contributed by atoms with Crippen LogP contribution in [0.3, 0.4) is 0 Å². The maximum absolute atomic E-state index is 4.57. The highest BCUT2D eigenvalue weighted by Crippen LogP contribution is 2.13. The number of aliphatic imine (C=N–C) groups is 1. The number of nitrogens with one attached hydrogen (secondary N) is 2. The zero-order valence-electron chi connectivity index (χ0n) is 13.0. The summed E-state index contributed by atoms with van der Waals surface area (Å²) >= 11 is 1.73. The van der Waals surface area contributed by atoms with E-state index in [-0.39, 0.29) is 24.0 Å². The molecule has 0 unspecified atom stereocenters. The average Bonchev–Trinajstić information content (AvgIpc) is 3.16. The molecule has 0 amide bonds. The van der Waals surface area contributed by atoms with Gasteiger partial charge in [0.1, 0.15) is 5.01 Å². The molecular formula is C14H23IN6S. The molecule has 22 heavy (non-hydrogen) atoms. The van der Waals surface area contributed by atoms with Crippen LogP contribution < -0.4 is 10.6 Å². The van der Waals surface area contributed by atoms with Crippen LogP contribution in [0.4, 0.5) is 0 Å². The Morgan fingerprint density at radius 1 is 1.36 bits per heavy atom. The number of imidazole rings is 1. The number of guanidine groups is 1. The van der Waals surface area contributed by atoms with Gasteiger partial charge in [-0.15, -0.1) is 35.3 Å². The van der Waals surface area contributed by atoms with Crippen LogP contribution in [0.15, 0.2) is 29.9 Å². The Balaban J connectivity index is 0.00000242. The minimum atomic E-state index is 0. The molecule has 0 aliphatic heterocycles. The van der Waals surface area contributed by atoms with Gasteiger partial charge in [0.25, 0.3) is 0 Å². The zero-order chi connectivity index (χ0) is 14.9. The van der Waals surface area contributed by atoms with Crippen molar-refractivity contribution in [1.29, 1.82) is 0 Å². The van der Waals surface area contributed by atoms with Gasteiger partial charge >= 0.3 is 0 Å². The maximum atomic E-state index is 4.57. The molecule has 0 saturated heterocycles. The van der Waals surface area contributed by atoms with Gasteiger partial charge in [-0.05, 0) is 13.3 Å². The van der Waals surface area contributed by atoms with Crippen molar-refractivity contribution in [2.45, 2.75) is 33.4 Å². The second kappa shape index (κ2) is 10.5. The molecule has 2 N–H and O–H groups in total. The molecule has 0 aliphatic carbocycles. The third-order valence-corrected chi connectivity index (χ3v) is 4.01. The molecule has 0 spiro atoms. The lowest BCUT2D eigenvalue weighted by Crippen LogP contribution is -2.38. The maximum Gasteiger partial charge on any atom is 0.191 e. The van der Waals surface area contributed by atoms with Gasteiger partial charge in [-0.2, -0.15) is 0 Å². The van der Waals surface area contributed by atoms with Crippen LogP contribution in [0.5, 0.6) is 0 Å². The van der Waals surface area contributed by atoms with Gasteiger partial charge in [0.2, 0.25) is 0 Å². The fraction of sp³-hybridized carbons (Fsp3) is 0.500. The van der Waals surface area contributed by atoms with E-state index in [2.05, 4.69) is 39.4 Å². The summed E-state index contributed by atoms with van der Waals surface area (Å²) in [6, 6.07) is 0. The van der Waals surface area contributed by atoms with Gasteiger partial charge in [-0.3, -0.25) is 0 Å². The first kappa shape index (κ1) is 18.9. The Hall–Kier alpha value is -1.16. The number of thiazole rings is 1. The van der Waals surface area contributed by atoms with Crippen LogP contribution in [-0.4, -0.2) is 33.6 Å². The molecule has 2 aromatic rings. The first-order valence-corrected chi connectivity index (χ1v) is 8.05. The summed E-state index contributed by atoms with van der Waals surface area (Å²) in [6.07, 6.45) is 8.52. The first-order valence-electron chi connectivity index (χ1n) is 7.23. The molecule has 2 rings (SSSR count). The molecule has 0 aromatic carbocycles. The fourth-order valence-electron chi connectivity index (χ4n) is 1.80. The predicted molar refractivity (Wildman–Crippen MR) is 102 cm³/mol. The van der Waals surface area contributed by atoms with E-state index in [0.717, 1.165) is 37.0 Å². The summed E-state index contributed by atoms with van der Waals surface area (Å²) in [5.74, 6) is 0.825. The summed E-state index contributed by atoms with van der Waals surface area (Å²) in [7, 11) is 0. The van der Waals surface area contributed by atoms with Gasteiger partial charge in [-0.25, -0.2) is 15.0 Å². The van der Waals surface area contributed by atoms with Gasteiger partial charge in [0.05, 0.1) is 12.9 Å². The van der Waals surface area contributed by atoms with E-state index in [4.69, 9.17) is 0 Å². The molecule has 0 aliphatic rings. The molecule has 0 radical (unpaired) electrons. The molecule has 122 valence electrons. The van der Waals surface area contributed by atoms with Gasteiger partial charge in [0.15, 0.2) is 5.96 Å². The lowest BCUT2D eigenvalue weighted by Gasteiger charge is -2.11. The summed E-state index contributed by atoms with van der Waals surface area (Å²) in [6.45, 7) is 7.33. The average molecular weight is 434 g/mol. The number of hydrogen-bond acceptors (Lipinski definition) is 4. The van der Waals surface area contributed by atoms with E-state index in [9.17, 15) is 0 Å². The van der Waals surface area contributed by atoms with Gasteiger partial charge < -0.3 is 15.2 Å². The van der Waals surface area contributed by atoms with Crippen molar-refractivity contribution in [2.75, 3.05) is 13.1 Å². The van der Waals surface area contributed by atoms with Crippen molar-refractivity contribution >= 4 is 41.3 Å². The lowest BCUT2D eigenvalue weighted by molar-refractivity contribution is 0.662. The fourth-order valence-corrected chi connectivity index (χ4v) is 2.58. The van der Waals surface area contributed by atoms with Crippen LogP contribution in [0.1, 0.15) is 23.7 Å². The lowest BCUT2D eigenvalue weighted by atomic mass is 10.4. The topological polar surface area (TPSA) is 67.1 Å². The van der Waals surface area contributed by atoms with Crippen molar-refractivity contribution in [1.82, 2.24) is 25.2 Å². The van der Waals surface area contributed by atoms with Crippen molar-refractivity contribution < 1.29 is 0 Å². The highest BCUT2D eigenvalue weighted by atomic mass is 127. The predicted octanol–water partition coefficient (Wildman–Crippen LogP) is 2.28. The largest absolute Gasteiger partial charge is 0.357 e. The third-order valence-electron chi connectivity index (χ3n) is 2.89. The van der Waals surface area contributed by atoms with E-state index >= 15 is 0 Å². The number of nitrogens with zero attached hydrogens (tertiary/aromatic N) is 4. The quantitative estimate of drug-likeness (QED) is 0.399. The Labute approximate surface area is 152 Å². The molecule has 6 nitrogen and oxygen atoms in total. The van der Waals surface area contributed by atoms with E-state index in [1.165, 1.54) is 4.88 Å². The molecule has 0 bridgehead atoms. The van der Waals surface area contributed by atoms with Crippen LogP contribution in [0.2, 0.25) is 0 Å². The SMILES string of the molecule is CCNC(=NCc1ncc(CC)s1)NCCn1ccnc1.I. The van der Waals surface area contributed by atoms with Gasteiger partial charge in [-0.1, -0.05) is 6.92 Å². The minimum Gasteiger partial charge on any atom is -0.357 e. The summed E-state index contributed by atoms with van der Waals surface area (Å²) in [5.41, 5.74) is 0. The second-order valence-electron chi connectivity index (χ2n) is 4.50. The van der Waals surface area contributed by atoms with Crippen molar-refractivity contribution in [3.05, 3.63) is 34.8 Å². The molecular weight excluding hydrogens is 411 g/mol. The third kappa shape index (κ3) is 6.30. The smallest absolute Gasteiger partial charge is 0.191 e. The van der Waals surface area contributed by atoms with Gasteiger partial charge in [0, 0.05) is 43.1 Å². The Morgan fingerprint density at radius 3 is 2.86 bits per heavy atom. The molecule has 8 heteroatoms. The number of aromatic nitrogens is 3. The standard InChI is InChI=1S/C14H22N6S.HI/c1-3-12-9-18-13(21-12)10-19-14(16-4-2)17-6-8-20-7-5-15-11-20;/h5,7,9,11H,3-4,6,8,10H2,1-2H3,(H2,16,17,19);1H. The highest BCUT2D eigenvalue weighted by molar-refractivity contribution is 14.0. The van der Waals surface area contributed by atoms with Crippen LogP contribution in [0.25, 0.3) is 0 Å². The highest BCUT2D eigenvalue weighted by Gasteiger charge is 2.01. The second-order valence-corrected chi connectivity index (χ2v) is 5.70. The molecule has 2 heterocycles. The van der Waals surface area contributed by atoms with Crippen molar-refractivity contribution in [2.24, 2.45) is 4.99 Å². The number of aryl methyl sites for hydroxylation is 1. The number of halogens is 1. The van der Waals surface area contributed by atoms with E-state index in [1.54, 1.807) is 17.5 Å². The normalized spacial score (nSPS) is 11.1. The summed E-state index contributed by atoms with van der Waals surface area (Å²) < 4.78 is 2.03. The van der Waals surface area contributed by atoms with Crippen LogP contribution >= 0.6 is 35.3 Å². The summed E-state index contributed by atoms with van der Waals surface area (Å²) in [5, 5.41) is 7.62. The van der Waals surface area contributed by atoms with Crippen LogP contribution in [0, 0.1) is 0 Å².